The maximum atomic E-state index is 5.86. The van der Waals surface area contributed by atoms with Crippen LogP contribution in [0.25, 0.3) is 11.2 Å². The summed E-state index contributed by atoms with van der Waals surface area (Å²) in [6.45, 7) is 0.483. The Morgan fingerprint density at radius 3 is 3.05 bits per heavy atom. The van der Waals surface area contributed by atoms with Crippen LogP contribution in [0.4, 0.5) is 5.82 Å². The number of aromatic nitrogens is 4. The molecule has 3 aromatic heterocycles. The summed E-state index contributed by atoms with van der Waals surface area (Å²) in [7, 11) is 1.52. The Labute approximate surface area is 113 Å². The Kier molecular flexibility index (Phi) is 2.96. The van der Waals surface area contributed by atoms with Crippen molar-refractivity contribution in [2.45, 2.75) is 6.54 Å². The van der Waals surface area contributed by atoms with E-state index in [-0.39, 0.29) is 5.28 Å². The average molecular weight is 280 g/mol. The number of rotatable bonds is 4. The van der Waals surface area contributed by atoms with Crippen LogP contribution in [0.1, 0.15) is 5.76 Å². The third kappa shape index (κ3) is 2.32. The van der Waals surface area contributed by atoms with Gasteiger partial charge < -0.3 is 19.5 Å². The molecule has 2 N–H and O–H groups in total. The summed E-state index contributed by atoms with van der Waals surface area (Å²) in [4.78, 5) is 15.2. The van der Waals surface area contributed by atoms with Crippen molar-refractivity contribution in [3.63, 3.8) is 0 Å². The van der Waals surface area contributed by atoms with Crippen molar-refractivity contribution in [2.75, 3.05) is 12.4 Å². The Morgan fingerprint density at radius 1 is 1.42 bits per heavy atom. The highest BCUT2D eigenvalue weighted by Gasteiger charge is 2.12. The zero-order valence-electron chi connectivity index (χ0n) is 9.98. The maximum Gasteiger partial charge on any atom is 0.295 e. The highest BCUT2D eigenvalue weighted by molar-refractivity contribution is 6.28. The molecule has 19 heavy (non-hydrogen) atoms. The first-order valence-electron chi connectivity index (χ1n) is 5.50. The lowest BCUT2D eigenvalue weighted by Gasteiger charge is -2.04. The first-order chi connectivity index (χ1) is 9.26. The average Bonchev–Trinajstić information content (AvgIpc) is 3.04. The van der Waals surface area contributed by atoms with Crippen LogP contribution in [0.5, 0.6) is 6.01 Å². The molecule has 0 aliphatic heterocycles. The van der Waals surface area contributed by atoms with Gasteiger partial charge in [-0.2, -0.15) is 15.0 Å². The number of furan rings is 1. The molecule has 0 atom stereocenters. The summed E-state index contributed by atoms with van der Waals surface area (Å²) in [5.74, 6) is 1.33. The molecule has 98 valence electrons. The fourth-order valence-corrected chi connectivity index (χ4v) is 1.82. The van der Waals surface area contributed by atoms with E-state index in [1.54, 1.807) is 6.26 Å². The summed E-state index contributed by atoms with van der Waals surface area (Å²) in [6.07, 6.45) is 1.61. The van der Waals surface area contributed by atoms with Crippen LogP contribution in [0, 0.1) is 0 Å². The topological polar surface area (TPSA) is 88.9 Å². The predicted octanol–water partition coefficient (Wildman–Crippen LogP) is 2.22. The summed E-state index contributed by atoms with van der Waals surface area (Å²) < 4.78 is 10.3. The zero-order valence-corrected chi connectivity index (χ0v) is 10.7. The van der Waals surface area contributed by atoms with E-state index in [0.717, 1.165) is 5.76 Å². The molecule has 0 radical (unpaired) electrons. The minimum absolute atomic E-state index is 0.114. The maximum absolute atomic E-state index is 5.86. The lowest BCUT2D eigenvalue weighted by Crippen LogP contribution is -2.02. The van der Waals surface area contributed by atoms with E-state index in [4.69, 9.17) is 20.8 Å². The molecule has 0 unspecified atom stereocenters. The van der Waals surface area contributed by atoms with Gasteiger partial charge in [-0.1, -0.05) is 0 Å². The van der Waals surface area contributed by atoms with Crippen LogP contribution in [0.15, 0.2) is 22.8 Å². The number of nitrogens with zero attached hydrogens (tertiary/aromatic N) is 3. The molecule has 0 bridgehead atoms. The molecule has 3 rings (SSSR count). The highest BCUT2D eigenvalue weighted by atomic mass is 35.5. The predicted molar refractivity (Wildman–Crippen MR) is 69.3 cm³/mol. The molecule has 0 spiro atoms. The molecule has 0 saturated carbocycles. The van der Waals surface area contributed by atoms with Gasteiger partial charge in [0.05, 0.1) is 19.9 Å². The number of fused-ring (bicyclic) bond motifs is 1. The van der Waals surface area contributed by atoms with Crippen molar-refractivity contribution in [1.29, 1.82) is 0 Å². The van der Waals surface area contributed by atoms with E-state index in [9.17, 15) is 0 Å². The van der Waals surface area contributed by atoms with Crippen LogP contribution in [0.3, 0.4) is 0 Å². The normalized spacial score (nSPS) is 10.8. The van der Waals surface area contributed by atoms with Crippen molar-refractivity contribution >= 4 is 28.6 Å². The van der Waals surface area contributed by atoms with E-state index < -0.39 is 0 Å². The van der Waals surface area contributed by atoms with E-state index >= 15 is 0 Å². The monoisotopic (exact) mass is 279 g/mol. The molecule has 3 aromatic rings. The molecule has 0 aliphatic rings. The molecule has 8 heteroatoms. The number of ether oxygens (including phenoxy) is 1. The fraction of sp³-hybridized carbons (Fsp3) is 0.182. The SMILES string of the molecule is COc1nc2nc(Cl)nc(NCc3ccco3)c2[nH]1. The minimum atomic E-state index is 0.114. The van der Waals surface area contributed by atoms with Crippen molar-refractivity contribution in [1.82, 2.24) is 19.9 Å². The molecule has 0 saturated heterocycles. The number of nitrogens with one attached hydrogen (secondary N) is 2. The van der Waals surface area contributed by atoms with Gasteiger partial charge in [0.1, 0.15) is 11.3 Å². The van der Waals surface area contributed by atoms with Gasteiger partial charge in [-0.25, -0.2) is 0 Å². The van der Waals surface area contributed by atoms with Crippen molar-refractivity contribution in [2.24, 2.45) is 0 Å². The number of hydrogen-bond acceptors (Lipinski definition) is 6. The molecule has 0 amide bonds. The molecule has 0 aromatic carbocycles. The second kappa shape index (κ2) is 4.77. The Hall–Kier alpha value is -2.28. The highest BCUT2D eigenvalue weighted by Crippen LogP contribution is 2.22. The van der Waals surface area contributed by atoms with Crippen LogP contribution < -0.4 is 10.1 Å². The van der Waals surface area contributed by atoms with Gasteiger partial charge in [0.15, 0.2) is 11.5 Å². The van der Waals surface area contributed by atoms with Crippen LogP contribution in [-0.4, -0.2) is 27.0 Å². The molecule has 3 heterocycles. The van der Waals surface area contributed by atoms with Crippen molar-refractivity contribution in [3.05, 3.63) is 29.4 Å². The summed E-state index contributed by atoms with van der Waals surface area (Å²) in [6, 6.07) is 4.03. The molecular weight excluding hydrogens is 270 g/mol. The first kappa shape index (κ1) is 11.8. The summed E-state index contributed by atoms with van der Waals surface area (Å²) in [5.41, 5.74) is 1.08. The third-order valence-corrected chi connectivity index (χ3v) is 2.67. The van der Waals surface area contributed by atoms with E-state index in [0.29, 0.717) is 29.5 Å². The lowest BCUT2D eigenvalue weighted by molar-refractivity contribution is 0.386. The van der Waals surface area contributed by atoms with Gasteiger partial charge in [-0.3, -0.25) is 0 Å². The quantitative estimate of drug-likeness (QED) is 0.712. The van der Waals surface area contributed by atoms with Crippen LogP contribution >= 0.6 is 11.6 Å². The Morgan fingerprint density at radius 2 is 2.32 bits per heavy atom. The second-order valence-electron chi connectivity index (χ2n) is 3.72. The van der Waals surface area contributed by atoms with Gasteiger partial charge in [0, 0.05) is 0 Å². The fourth-order valence-electron chi connectivity index (χ4n) is 1.66. The van der Waals surface area contributed by atoms with E-state index in [1.807, 2.05) is 12.1 Å². The Bertz CT molecular complexity index is 694. The molecule has 0 aliphatic carbocycles. The van der Waals surface area contributed by atoms with Gasteiger partial charge in [-0.15, -0.1) is 0 Å². The van der Waals surface area contributed by atoms with Crippen molar-refractivity contribution in [3.8, 4) is 6.01 Å². The van der Waals surface area contributed by atoms with Gasteiger partial charge in [0.2, 0.25) is 5.28 Å². The number of anilines is 1. The first-order valence-corrected chi connectivity index (χ1v) is 5.87. The van der Waals surface area contributed by atoms with Crippen molar-refractivity contribution < 1.29 is 9.15 Å². The van der Waals surface area contributed by atoms with E-state index in [2.05, 4.69) is 25.3 Å². The third-order valence-electron chi connectivity index (χ3n) is 2.51. The number of aromatic amines is 1. The lowest BCUT2D eigenvalue weighted by atomic mass is 10.4. The second-order valence-corrected chi connectivity index (χ2v) is 4.06. The minimum Gasteiger partial charge on any atom is -0.468 e. The van der Waals surface area contributed by atoms with Gasteiger partial charge in [0.25, 0.3) is 6.01 Å². The van der Waals surface area contributed by atoms with Gasteiger partial charge >= 0.3 is 0 Å². The standard InChI is InChI=1S/C11H10ClN5O2/c1-18-11-14-7-8(13-5-6-3-2-4-19-6)15-10(12)16-9(7)17-11/h2-4H,5H2,1H3,(H2,13,14,15,16,17). The molecular formula is C11H10ClN5O2. The molecule has 0 fully saturated rings. The number of imidazole rings is 1. The number of methoxy groups -OCH3 is 1. The van der Waals surface area contributed by atoms with Crippen LogP contribution in [-0.2, 0) is 6.54 Å². The smallest absolute Gasteiger partial charge is 0.295 e. The van der Waals surface area contributed by atoms with Crippen LogP contribution in [0.2, 0.25) is 5.28 Å². The zero-order chi connectivity index (χ0) is 13.2. The number of hydrogen-bond donors (Lipinski definition) is 2. The summed E-state index contributed by atoms with van der Waals surface area (Å²) in [5, 5.41) is 3.23. The van der Waals surface area contributed by atoms with Gasteiger partial charge in [-0.05, 0) is 23.7 Å². The van der Waals surface area contributed by atoms with E-state index in [1.165, 1.54) is 7.11 Å². The number of halogens is 1. The largest absolute Gasteiger partial charge is 0.468 e. The Balaban J connectivity index is 1.94. The number of H-pyrrole nitrogens is 1. The molecule has 7 nitrogen and oxygen atoms in total. The summed E-state index contributed by atoms with van der Waals surface area (Å²) >= 11 is 5.86.